The molecule has 0 spiro atoms. The van der Waals surface area contributed by atoms with Gasteiger partial charge in [-0.1, -0.05) is 12.2 Å². The summed E-state index contributed by atoms with van der Waals surface area (Å²) in [7, 11) is 0. The van der Waals surface area contributed by atoms with E-state index in [-0.39, 0.29) is 0 Å². The lowest BCUT2D eigenvalue weighted by Crippen LogP contribution is -2.14. The number of nitrogens with one attached hydrogen (secondary N) is 1. The van der Waals surface area contributed by atoms with E-state index < -0.39 is 0 Å². The molecule has 2 aliphatic rings. The summed E-state index contributed by atoms with van der Waals surface area (Å²) in [6, 6.07) is 0. The molecular formula is C9H15N. The summed E-state index contributed by atoms with van der Waals surface area (Å²) in [5.74, 6) is 1.87. The van der Waals surface area contributed by atoms with Gasteiger partial charge in [0.15, 0.2) is 0 Å². The van der Waals surface area contributed by atoms with Gasteiger partial charge in [-0.15, -0.1) is 0 Å². The first-order valence-corrected chi connectivity index (χ1v) is 4.34. The highest BCUT2D eigenvalue weighted by Gasteiger charge is 2.23. The normalized spacial score (nSPS) is 39.2. The Morgan fingerprint density at radius 3 is 2.90 bits per heavy atom. The standard InChI is InChI=1S/C9H15N/c1-2-4-8(3-1)9-5-6-10-7-9/h1,3,8-10H,2,4-7H2. The first-order valence-electron chi connectivity index (χ1n) is 4.34. The molecule has 0 aromatic rings. The molecule has 0 aromatic carbocycles. The van der Waals surface area contributed by atoms with Crippen molar-refractivity contribution in [2.45, 2.75) is 19.3 Å². The first-order chi connectivity index (χ1) is 4.97. The molecular weight excluding hydrogens is 122 g/mol. The van der Waals surface area contributed by atoms with E-state index in [1.165, 1.54) is 32.4 Å². The molecule has 56 valence electrons. The highest BCUT2D eigenvalue weighted by atomic mass is 14.9. The largest absolute Gasteiger partial charge is 0.316 e. The molecule has 10 heavy (non-hydrogen) atoms. The molecule has 1 saturated heterocycles. The minimum atomic E-state index is 0.912. The van der Waals surface area contributed by atoms with Crippen LogP contribution in [0.1, 0.15) is 19.3 Å². The number of allylic oxidation sites excluding steroid dienone is 2. The van der Waals surface area contributed by atoms with Crippen molar-refractivity contribution in [3.8, 4) is 0 Å². The lowest BCUT2D eigenvalue weighted by atomic mass is 9.91. The van der Waals surface area contributed by atoms with E-state index in [1.54, 1.807) is 0 Å². The van der Waals surface area contributed by atoms with Crippen molar-refractivity contribution in [3.05, 3.63) is 12.2 Å². The second kappa shape index (κ2) is 2.75. The van der Waals surface area contributed by atoms with Crippen molar-refractivity contribution in [2.75, 3.05) is 13.1 Å². The molecule has 0 radical (unpaired) electrons. The number of rotatable bonds is 1. The summed E-state index contributed by atoms with van der Waals surface area (Å²) in [4.78, 5) is 0. The van der Waals surface area contributed by atoms with Gasteiger partial charge in [0.2, 0.25) is 0 Å². The van der Waals surface area contributed by atoms with E-state index in [9.17, 15) is 0 Å². The van der Waals surface area contributed by atoms with Crippen LogP contribution in [0.15, 0.2) is 12.2 Å². The molecule has 1 aliphatic carbocycles. The lowest BCUT2D eigenvalue weighted by molar-refractivity contribution is 0.422. The predicted molar refractivity (Wildman–Crippen MR) is 42.8 cm³/mol. The number of hydrogen-bond donors (Lipinski definition) is 1. The fraction of sp³-hybridized carbons (Fsp3) is 0.778. The quantitative estimate of drug-likeness (QED) is 0.541. The highest BCUT2D eigenvalue weighted by Crippen LogP contribution is 2.28. The molecule has 2 unspecified atom stereocenters. The van der Waals surface area contributed by atoms with Crippen LogP contribution in [0.2, 0.25) is 0 Å². The summed E-state index contributed by atoms with van der Waals surface area (Å²) in [6.45, 7) is 2.50. The molecule has 0 saturated carbocycles. The third-order valence-corrected chi connectivity index (χ3v) is 2.75. The van der Waals surface area contributed by atoms with Gasteiger partial charge in [-0.2, -0.15) is 0 Å². The Balaban J connectivity index is 1.91. The molecule has 1 fully saturated rings. The minimum Gasteiger partial charge on any atom is -0.316 e. The third-order valence-electron chi connectivity index (χ3n) is 2.75. The molecule has 0 bridgehead atoms. The zero-order valence-electron chi connectivity index (χ0n) is 6.34. The molecule has 2 rings (SSSR count). The molecule has 0 aromatic heterocycles. The molecule has 1 aliphatic heterocycles. The van der Waals surface area contributed by atoms with Crippen LogP contribution in [0.5, 0.6) is 0 Å². The SMILES string of the molecule is C1=CC(C2CCNC2)CC1. The topological polar surface area (TPSA) is 12.0 Å². The first kappa shape index (κ1) is 6.41. The predicted octanol–water partition coefficient (Wildman–Crippen LogP) is 1.56. The van der Waals surface area contributed by atoms with Gasteiger partial charge in [0.1, 0.15) is 0 Å². The summed E-state index contributed by atoms with van der Waals surface area (Å²) in [5.41, 5.74) is 0. The van der Waals surface area contributed by atoms with Gasteiger partial charge < -0.3 is 5.32 Å². The second-order valence-corrected chi connectivity index (χ2v) is 3.42. The van der Waals surface area contributed by atoms with Gasteiger partial charge in [-0.25, -0.2) is 0 Å². The van der Waals surface area contributed by atoms with Crippen LogP contribution in [0.3, 0.4) is 0 Å². The Hall–Kier alpha value is -0.300. The maximum absolute atomic E-state index is 3.42. The van der Waals surface area contributed by atoms with Gasteiger partial charge in [-0.3, -0.25) is 0 Å². The van der Waals surface area contributed by atoms with E-state index in [2.05, 4.69) is 17.5 Å². The van der Waals surface area contributed by atoms with Crippen LogP contribution < -0.4 is 5.32 Å². The van der Waals surface area contributed by atoms with Gasteiger partial charge >= 0.3 is 0 Å². The summed E-state index contributed by atoms with van der Waals surface area (Å²) < 4.78 is 0. The van der Waals surface area contributed by atoms with Crippen LogP contribution in [-0.2, 0) is 0 Å². The monoisotopic (exact) mass is 137 g/mol. The molecule has 1 N–H and O–H groups in total. The number of hydrogen-bond acceptors (Lipinski definition) is 1. The Bertz CT molecular complexity index is 134. The van der Waals surface area contributed by atoms with E-state index in [0.29, 0.717) is 0 Å². The van der Waals surface area contributed by atoms with Gasteiger partial charge in [0, 0.05) is 0 Å². The van der Waals surface area contributed by atoms with Gasteiger partial charge in [0.25, 0.3) is 0 Å². The minimum absolute atomic E-state index is 0.912. The van der Waals surface area contributed by atoms with Crippen molar-refractivity contribution >= 4 is 0 Å². The molecule has 1 nitrogen and oxygen atoms in total. The highest BCUT2D eigenvalue weighted by molar-refractivity contribution is 5.00. The maximum Gasteiger partial charge on any atom is -0.00144 e. The molecule has 1 heteroatoms. The van der Waals surface area contributed by atoms with Crippen molar-refractivity contribution < 1.29 is 0 Å². The van der Waals surface area contributed by atoms with E-state index in [1.807, 2.05) is 0 Å². The Morgan fingerprint density at radius 2 is 2.30 bits per heavy atom. The van der Waals surface area contributed by atoms with Gasteiger partial charge in [0.05, 0.1) is 0 Å². The Kier molecular flexibility index (Phi) is 1.76. The van der Waals surface area contributed by atoms with E-state index in [4.69, 9.17) is 0 Å². The van der Waals surface area contributed by atoms with Crippen LogP contribution >= 0.6 is 0 Å². The smallest absolute Gasteiger partial charge is 0.00144 e. The van der Waals surface area contributed by atoms with Crippen molar-refractivity contribution in [1.82, 2.24) is 5.32 Å². The molecule has 1 heterocycles. The van der Waals surface area contributed by atoms with E-state index >= 15 is 0 Å². The van der Waals surface area contributed by atoms with Crippen molar-refractivity contribution in [1.29, 1.82) is 0 Å². The zero-order valence-corrected chi connectivity index (χ0v) is 6.34. The van der Waals surface area contributed by atoms with Crippen molar-refractivity contribution in [2.24, 2.45) is 11.8 Å². The summed E-state index contributed by atoms with van der Waals surface area (Å²) >= 11 is 0. The van der Waals surface area contributed by atoms with E-state index in [0.717, 1.165) is 11.8 Å². The van der Waals surface area contributed by atoms with Crippen LogP contribution in [0.25, 0.3) is 0 Å². The zero-order chi connectivity index (χ0) is 6.81. The summed E-state index contributed by atoms with van der Waals surface area (Å²) in [6.07, 6.45) is 8.88. The fourth-order valence-corrected chi connectivity index (χ4v) is 2.09. The van der Waals surface area contributed by atoms with Crippen LogP contribution in [0.4, 0.5) is 0 Å². The molecule has 0 amide bonds. The lowest BCUT2D eigenvalue weighted by Gasteiger charge is -2.14. The average Bonchev–Trinajstić information content (AvgIpc) is 2.59. The molecule has 2 atom stereocenters. The fourth-order valence-electron chi connectivity index (χ4n) is 2.09. The van der Waals surface area contributed by atoms with Crippen LogP contribution in [0, 0.1) is 11.8 Å². The average molecular weight is 137 g/mol. The van der Waals surface area contributed by atoms with Crippen LogP contribution in [-0.4, -0.2) is 13.1 Å². The van der Waals surface area contributed by atoms with Gasteiger partial charge in [-0.05, 0) is 44.2 Å². The Labute approximate surface area is 62.5 Å². The second-order valence-electron chi connectivity index (χ2n) is 3.42. The summed E-state index contributed by atoms with van der Waals surface area (Å²) in [5, 5.41) is 3.42. The Morgan fingerprint density at radius 1 is 1.30 bits per heavy atom. The third kappa shape index (κ3) is 1.10. The maximum atomic E-state index is 3.42. The van der Waals surface area contributed by atoms with Crippen molar-refractivity contribution in [3.63, 3.8) is 0 Å².